The zero-order valence-electron chi connectivity index (χ0n) is 32.3. The fourth-order valence-corrected chi connectivity index (χ4v) is 7.71. The molecule has 1 fully saturated rings. The molecule has 2 aromatic heterocycles. The van der Waals surface area contributed by atoms with Crippen LogP contribution in [-0.2, 0) is 19.5 Å². The number of aliphatic hydroxyl groups excluding tert-OH is 1. The maximum absolute atomic E-state index is 13.2. The number of nitrogens with one attached hydrogen (secondary N) is 1. The van der Waals surface area contributed by atoms with E-state index in [1.807, 2.05) is 93.0 Å². The Bertz CT molecular complexity index is 2060. The van der Waals surface area contributed by atoms with Crippen LogP contribution >= 0.6 is 0 Å². The van der Waals surface area contributed by atoms with E-state index in [1.54, 1.807) is 30.0 Å². The number of rotatable bonds is 13. The molecule has 286 valence electrons. The number of methoxy groups -OCH3 is 2. The van der Waals surface area contributed by atoms with Crippen molar-refractivity contribution in [3.05, 3.63) is 112 Å². The first-order valence-electron chi connectivity index (χ1n) is 17.9. The molecule has 0 bridgehead atoms. The van der Waals surface area contributed by atoms with Crippen LogP contribution in [0.15, 0.2) is 95.0 Å². The number of aliphatic hydroxyl groups is 1. The van der Waals surface area contributed by atoms with Gasteiger partial charge < -0.3 is 33.4 Å². The maximum Gasteiger partial charge on any atom is 0.280 e. The maximum atomic E-state index is 13.2. The van der Waals surface area contributed by atoms with Crippen molar-refractivity contribution >= 4 is 31.8 Å². The number of benzene rings is 3. The van der Waals surface area contributed by atoms with Gasteiger partial charge in [-0.05, 0) is 59.1 Å². The number of aromatic nitrogens is 4. The lowest BCUT2D eigenvalue weighted by Gasteiger charge is -2.43. The molecule has 1 aliphatic rings. The summed E-state index contributed by atoms with van der Waals surface area (Å²) in [6.07, 6.45) is -0.346. The zero-order valence-corrected chi connectivity index (χ0v) is 33.3. The van der Waals surface area contributed by atoms with Crippen LogP contribution in [0.1, 0.15) is 43.7 Å². The topological polar surface area (TPSA) is 146 Å². The van der Waals surface area contributed by atoms with Crippen LogP contribution in [0, 0.1) is 0 Å². The van der Waals surface area contributed by atoms with Crippen molar-refractivity contribution in [2.45, 2.75) is 69.0 Å². The fourth-order valence-electron chi connectivity index (χ4n) is 6.43. The Morgan fingerprint density at radius 3 is 2.02 bits per heavy atom. The van der Waals surface area contributed by atoms with Gasteiger partial charge in [0.25, 0.3) is 5.56 Å². The second-order valence-electron chi connectivity index (χ2n) is 15.1. The van der Waals surface area contributed by atoms with E-state index in [4.69, 9.17) is 23.4 Å². The van der Waals surface area contributed by atoms with Crippen molar-refractivity contribution in [1.29, 1.82) is 0 Å². The minimum absolute atomic E-state index is 0.108. The number of imidazole rings is 1. The molecule has 0 saturated carbocycles. The van der Waals surface area contributed by atoms with Gasteiger partial charge in [-0.2, -0.15) is 4.98 Å². The largest absolute Gasteiger partial charge is 0.497 e. The monoisotopic (exact) mass is 754 g/mol. The highest BCUT2D eigenvalue weighted by atomic mass is 28.4. The van der Waals surface area contributed by atoms with Crippen LogP contribution in [0.5, 0.6) is 11.5 Å². The lowest BCUT2D eigenvalue weighted by Crippen LogP contribution is -2.51. The SMILES string of the molecule is COc1ccc(C(O[C@H]2[C@@H](O[Si](C)(C)C(C)(C)C)[C@H](n3cnc4c(=O)[nH]c(/N=C/N(C)C)nc43)O[C@@H]2CO)(c2ccccc2)c2ccc(OC)cc2)cc1. The number of hydrogen-bond donors (Lipinski definition) is 2. The number of aliphatic imine (C=N–C) groups is 1. The lowest BCUT2D eigenvalue weighted by atomic mass is 9.79. The van der Waals surface area contributed by atoms with Gasteiger partial charge in [0, 0.05) is 14.1 Å². The minimum atomic E-state index is -2.59. The predicted molar refractivity (Wildman–Crippen MR) is 210 cm³/mol. The first-order valence-corrected chi connectivity index (χ1v) is 20.8. The van der Waals surface area contributed by atoms with Crippen LogP contribution in [0.3, 0.4) is 0 Å². The molecule has 3 aromatic carbocycles. The molecule has 0 aliphatic carbocycles. The Morgan fingerprint density at radius 2 is 1.50 bits per heavy atom. The highest BCUT2D eigenvalue weighted by Gasteiger charge is 2.55. The van der Waals surface area contributed by atoms with Crippen LogP contribution < -0.4 is 15.0 Å². The normalized spacial score (nSPS) is 19.4. The van der Waals surface area contributed by atoms with Crippen molar-refractivity contribution in [3.8, 4) is 11.5 Å². The van der Waals surface area contributed by atoms with E-state index in [-0.39, 0.29) is 28.8 Å². The highest BCUT2D eigenvalue weighted by Crippen LogP contribution is 2.48. The van der Waals surface area contributed by atoms with Crippen molar-refractivity contribution in [2.24, 2.45) is 4.99 Å². The molecule has 6 rings (SSSR count). The summed E-state index contributed by atoms with van der Waals surface area (Å²) < 4.78 is 34.5. The summed E-state index contributed by atoms with van der Waals surface area (Å²) in [6, 6.07) is 25.5. The number of fused-ring (bicyclic) bond motifs is 1. The molecule has 5 aromatic rings. The van der Waals surface area contributed by atoms with Gasteiger partial charge in [0.05, 0.1) is 33.5 Å². The summed E-state index contributed by atoms with van der Waals surface area (Å²) in [4.78, 5) is 31.2. The van der Waals surface area contributed by atoms with E-state index in [2.05, 4.69) is 53.8 Å². The molecule has 14 heteroatoms. The Morgan fingerprint density at radius 1 is 0.926 bits per heavy atom. The Balaban J connectivity index is 1.58. The van der Waals surface area contributed by atoms with Gasteiger partial charge in [0.1, 0.15) is 35.4 Å². The summed E-state index contributed by atoms with van der Waals surface area (Å²) >= 11 is 0. The third-order valence-electron chi connectivity index (χ3n) is 10.3. The Labute approximate surface area is 316 Å². The summed E-state index contributed by atoms with van der Waals surface area (Å²) in [5.74, 6) is 1.49. The fraction of sp³-hybridized carbons (Fsp3) is 0.400. The van der Waals surface area contributed by atoms with Gasteiger partial charge in [0.2, 0.25) is 5.95 Å². The smallest absolute Gasteiger partial charge is 0.280 e. The van der Waals surface area contributed by atoms with Gasteiger partial charge in [0.15, 0.2) is 25.7 Å². The van der Waals surface area contributed by atoms with Crippen LogP contribution in [0.2, 0.25) is 18.1 Å². The molecule has 0 unspecified atom stereocenters. The molecule has 0 spiro atoms. The van der Waals surface area contributed by atoms with Crippen molar-refractivity contribution in [2.75, 3.05) is 34.9 Å². The summed E-state index contributed by atoms with van der Waals surface area (Å²) in [6.45, 7) is 10.4. The standard InChI is InChI=1S/C40H50N6O7Si/c1-39(2,3)54(8,9)53-34-33(31(23-47)51-37(34)46-25-41-32-35(46)43-38(44-36(32)48)42-24-45(4)5)52-40(26-13-11-10-12-14-26,27-15-19-29(49-6)20-16-27)28-17-21-30(50-7)22-18-28/h10-22,24-25,31,33-34,37,47H,23H2,1-9H3,(H,43,44,48)/b42-24+/t31-,33-,34-,37-/m1/s1. The van der Waals surface area contributed by atoms with E-state index >= 15 is 0 Å². The molecular formula is C40H50N6O7Si. The quantitative estimate of drug-likeness (QED) is 0.0634. The van der Waals surface area contributed by atoms with Crippen molar-refractivity contribution in [1.82, 2.24) is 24.4 Å². The highest BCUT2D eigenvalue weighted by molar-refractivity contribution is 6.74. The zero-order chi connectivity index (χ0) is 38.8. The van der Waals surface area contributed by atoms with Crippen molar-refractivity contribution < 1.29 is 28.5 Å². The number of H-pyrrole nitrogens is 1. The number of ether oxygens (including phenoxy) is 4. The van der Waals surface area contributed by atoms with Gasteiger partial charge in [-0.15, -0.1) is 0 Å². The van der Waals surface area contributed by atoms with Gasteiger partial charge >= 0.3 is 0 Å². The summed E-state index contributed by atoms with van der Waals surface area (Å²) in [7, 11) is 4.31. The van der Waals surface area contributed by atoms with E-state index in [1.165, 1.54) is 6.33 Å². The molecule has 0 radical (unpaired) electrons. The molecular weight excluding hydrogens is 705 g/mol. The average molecular weight is 755 g/mol. The molecule has 54 heavy (non-hydrogen) atoms. The van der Waals surface area contributed by atoms with Gasteiger partial charge in [-0.25, -0.2) is 9.98 Å². The Kier molecular flexibility index (Phi) is 11.1. The van der Waals surface area contributed by atoms with Crippen LogP contribution in [-0.4, -0.2) is 97.4 Å². The van der Waals surface area contributed by atoms with Crippen LogP contribution in [0.25, 0.3) is 11.2 Å². The molecule has 3 heterocycles. The third-order valence-corrected chi connectivity index (χ3v) is 14.8. The molecule has 1 aliphatic heterocycles. The number of hydrogen-bond acceptors (Lipinski definition) is 10. The first kappa shape index (κ1) is 38.8. The van der Waals surface area contributed by atoms with E-state index in [0.29, 0.717) is 11.5 Å². The lowest BCUT2D eigenvalue weighted by molar-refractivity contribution is -0.110. The molecule has 0 amide bonds. The Hall–Kier alpha value is -4.86. The molecule has 2 N–H and O–H groups in total. The second-order valence-corrected chi connectivity index (χ2v) is 19.9. The van der Waals surface area contributed by atoms with E-state index < -0.39 is 44.0 Å². The summed E-state index contributed by atoms with van der Waals surface area (Å²) in [5.41, 5.74) is 1.16. The average Bonchev–Trinajstić information content (AvgIpc) is 3.73. The van der Waals surface area contributed by atoms with Crippen molar-refractivity contribution in [3.63, 3.8) is 0 Å². The minimum Gasteiger partial charge on any atom is -0.497 e. The second kappa shape index (κ2) is 15.5. The number of aromatic amines is 1. The third kappa shape index (κ3) is 7.44. The predicted octanol–water partition coefficient (Wildman–Crippen LogP) is 6.02. The van der Waals surface area contributed by atoms with Gasteiger partial charge in [-0.1, -0.05) is 75.4 Å². The van der Waals surface area contributed by atoms with Gasteiger partial charge in [-0.3, -0.25) is 14.3 Å². The molecule has 1 saturated heterocycles. The van der Waals surface area contributed by atoms with E-state index in [0.717, 1.165) is 16.7 Å². The molecule has 4 atom stereocenters. The first-order chi connectivity index (χ1) is 25.7. The molecule has 13 nitrogen and oxygen atoms in total. The summed E-state index contributed by atoms with van der Waals surface area (Å²) in [5, 5.41) is 10.9. The van der Waals surface area contributed by atoms with Crippen LogP contribution in [0.4, 0.5) is 5.95 Å². The number of nitrogens with zero attached hydrogens (tertiary/aromatic N) is 5. The van der Waals surface area contributed by atoms with E-state index in [9.17, 15) is 9.90 Å².